The van der Waals surface area contributed by atoms with Gasteiger partial charge in [-0.05, 0) is 34.6 Å². The number of nitrogen functional groups attached to an aromatic ring is 1. The molecule has 1 heterocycles. The van der Waals surface area contributed by atoms with Crippen molar-refractivity contribution in [2.24, 2.45) is 0 Å². The summed E-state index contributed by atoms with van der Waals surface area (Å²) >= 11 is 0. The average molecular weight is 254 g/mol. The normalized spacial score (nSPS) is 11.6. The van der Waals surface area contributed by atoms with E-state index in [4.69, 9.17) is 5.73 Å². The van der Waals surface area contributed by atoms with Crippen LogP contribution in [0.5, 0.6) is 0 Å². The minimum Gasteiger partial charge on any atom is -0.383 e. The van der Waals surface area contributed by atoms with Gasteiger partial charge in [-0.3, -0.25) is 0 Å². The first-order valence-corrected chi connectivity index (χ1v) is 6.66. The molecule has 0 aliphatic rings. The molecule has 0 saturated carbocycles. The van der Waals surface area contributed by atoms with Gasteiger partial charge in [-0.15, -0.1) is 0 Å². The molecular weight excluding hydrogens is 232 g/mol. The number of benzene rings is 1. The van der Waals surface area contributed by atoms with Gasteiger partial charge in [-0.1, -0.05) is 51.1 Å². The Morgan fingerprint density at radius 3 is 2.32 bits per heavy atom. The van der Waals surface area contributed by atoms with Crippen molar-refractivity contribution in [3.63, 3.8) is 0 Å². The van der Waals surface area contributed by atoms with Crippen LogP contribution in [0.1, 0.15) is 43.0 Å². The van der Waals surface area contributed by atoms with Crippen LogP contribution in [0.4, 0.5) is 5.82 Å². The molecule has 0 spiro atoms. The Labute approximate surface area is 115 Å². The molecule has 2 rings (SSSR count). The molecule has 0 aliphatic carbocycles. The summed E-state index contributed by atoms with van der Waals surface area (Å²) in [6.45, 7) is 8.72. The van der Waals surface area contributed by atoms with E-state index >= 15 is 0 Å². The van der Waals surface area contributed by atoms with E-state index in [0.717, 1.165) is 17.5 Å². The van der Waals surface area contributed by atoms with Gasteiger partial charge in [0.15, 0.2) is 0 Å². The van der Waals surface area contributed by atoms with Crippen LogP contribution in [-0.2, 0) is 11.8 Å². The topological polar surface area (TPSA) is 38.9 Å². The predicted molar refractivity (Wildman–Crippen MR) is 81.3 cm³/mol. The first-order chi connectivity index (χ1) is 8.86. The Morgan fingerprint density at radius 2 is 1.74 bits per heavy atom. The number of pyridine rings is 1. The second-order valence-electron chi connectivity index (χ2n) is 6.18. The van der Waals surface area contributed by atoms with Crippen molar-refractivity contribution in [3.05, 3.63) is 58.8 Å². The lowest BCUT2D eigenvalue weighted by atomic mass is 9.86. The lowest BCUT2D eigenvalue weighted by molar-refractivity contribution is 0.590. The molecule has 1 aromatic heterocycles. The van der Waals surface area contributed by atoms with E-state index in [1.165, 1.54) is 11.1 Å². The summed E-state index contributed by atoms with van der Waals surface area (Å²) in [5.41, 5.74) is 11.0. The maximum absolute atomic E-state index is 5.93. The number of rotatable bonds is 2. The third-order valence-corrected chi connectivity index (χ3v) is 3.35. The van der Waals surface area contributed by atoms with Crippen LogP contribution in [0.2, 0.25) is 0 Å². The van der Waals surface area contributed by atoms with E-state index in [2.05, 4.69) is 56.1 Å². The van der Waals surface area contributed by atoms with Crippen molar-refractivity contribution in [1.29, 1.82) is 0 Å². The number of aromatic nitrogens is 1. The van der Waals surface area contributed by atoms with Gasteiger partial charge in [0, 0.05) is 12.6 Å². The smallest absolute Gasteiger partial charge is 0.126 e. The van der Waals surface area contributed by atoms with E-state index in [9.17, 15) is 0 Å². The zero-order valence-corrected chi connectivity index (χ0v) is 12.2. The van der Waals surface area contributed by atoms with Crippen LogP contribution in [-0.4, -0.2) is 4.98 Å². The van der Waals surface area contributed by atoms with Crippen molar-refractivity contribution in [2.75, 3.05) is 5.73 Å². The Balaban J connectivity index is 2.22. The maximum atomic E-state index is 5.93. The molecule has 0 bridgehead atoms. The molecule has 0 unspecified atom stereocenters. The van der Waals surface area contributed by atoms with Crippen LogP contribution in [0.15, 0.2) is 36.5 Å². The zero-order valence-electron chi connectivity index (χ0n) is 12.2. The first-order valence-electron chi connectivity index (χ1n) is 6.66. The molecule has 1 aromatic carbocycles. The van der Waals surface area contributed by atoms with Gasteiger partial charge in [-0.2, -0.15) is 0 Å². The second-order valence-corrected chi connectivity index (χ2v) is 6.18. The van der Waals surface area contributed by atoms with E-state index in [1.807, 2.05) is 13.1 Å². The summed E-state index contributed by atoms with van der Waals surface area (Å²) in [5, 5.41) is 0. The summed E-state index contributed by atoms with van der Waals surface area (Å²) < 4.78 is 0. The van der Waals surface area contributed by atoms with E-state index < -0.39 is 0 Å². The van der Waals surface area contributed by atoms with Gasteiger partial charge in [0.2, 0.25) is 0 Å². The van der Waals surface area contributed by atoms with Crippen molar-refractivity contribution in [1.82, 2.24) is 4.98 Å². The highest BCUT2D eigenvalue weighted by Gasteiger charge is 2.13. The largest absolute Gasteiger partial charge is 0.383 e. The minimum atomic E-state index is 0.197. The van der Waals surface area contributed by atoms with Crippen LogP contribution < -0.4 is 5.73 Å². The summed E-state index contributed by atoms with van der Waals surface area (Å²) in [4.78, 5) is 4.21. The summed E-state index contributed by atoms with van der Waals surface area (Å²) in [7, 11) is 0. The number of anilines is 1. The number of hydrogen-bond donors (Lipinski definition) is 1. The zero-order chi connectivity index (χ0) is 14.0. The molecule has 100 valence electrons. The average Bonchev–Trinajstić information content (AvgIpc) is 2.33. The number of nitrogens with zero attached hydrogens (tertiary/aromatic N) is 1. The molecule has 0 atom stereocenters. The molecular formula is C17H22N2. The molecule has 0 amide bonds. The number of nitrogens with two attached hydrogens (primary N) is 1. The Kier molecular flexibility index (Phi) is 3.61. The van der Waals surface area contributed by atoms with E-state index in [-0.39, 0.29) is 5.41 Å². The Hall–Kier alpha value is -1.83. The van der Waals surface area contributed by atoms with Gasteiger partial charge in [0.25, 0.3) is 0 Å². The van der Waals surface area contributed by atoms with E-state index in [1.54, 1.807) is 0 Å². The Morgan fingerprint density at radius 1 is 1.11 bits per heavy atom. The van der Waals surface area contributed by atoms with Gasteiger partial charge in [-0.25, -0.2) is 4.98 Å². The monoisotopic (exact) mass is 254 g/mol. The van der Waals surface area contributed by atoms with Crippen molar-refractivity contribution in [3.8, 4) is 0 Å². The fourth-order valence-corrected chi connectivity index (χ4v) is 2.12. The first kappa shape index (κ1) is 13.6. The second kappa shape index (κ2) is 5.04. The lowest BCUT2D eigenvalue weighted by Crippen LogP contribution is -2.10. The van der Waals surface area contributed by atoms with Crippen LogP contribution in [0, 0.1) is 6.92 Å². The molecule has 2 aromatic rings. The van der Waals surface area contributed by atoms with Gasteiger partial charge >= 0.3 is 0 Å². The van der Waals surface area contributed by atoms with Gasteiger partial charge in [0.1, 0.15) is 5.82 Å². The standard InChI is InChI=1S/C17H22N2/c1-12-9-14(16(18)19-11-12)10-13-5-7-15(8-6-13)17(2,3)4/h5-9,11H,10H2,1-4H3,(H2,18,19). The summed E-state index contributed by atoms with van der Waals surface area (Å²) in [6.07, 6.45) is 2.65. The van der Waals surface area contributed by atoms with E-state index in [0.29, 0.717) is 5.82 Å². The van der Waals surface area contributed by atoms with Crippen LogP contribution >= 0.6 is 0 Å². The highest BCUT2D eigenvalue weighted by atomic mass is 14.8. The minimum absolute atomic E-state index is 0.197. The molecule has 2 N–H and O–H groups in total. The highest BCUT2D eigenvalue weighted by molar-refractivity contribution is 5.44. The fourth-order valence-electron chi connectivity index (χ4n) is 2.12. The van der Waals surface area contributed by atoms with Crippen LogP contribution in [0.3, 0.4) is 0 Å². The SMILES string of the molecule is Cc1cnc(N)c(Cc2ccc(C(C)(C)C)cc2)c1. The summed E-state index contributed by atoms with van der Waals surface area (Å²) in [5.74, 6) is 0.630. The summed E-state index contributed by atoms with van der Waals surface area (Å²) in [6, 6.07) is 10.9. The quantitative estimate of drug-likeness (QED) is 0.883. The Bertz CT molecular complexity index is 563. The maximum Gasteiger partial charge on any atom is 0.126 e. The molecule has 0 fully saturated rings. The van der Waals surface area contributed by atoms with Crippen molar-refractivity contribution >= 4 is 5.82 Å². The fraction of sp³-hybridized carbons (Fsp3) is 0.353. The molecule has 0 saturated heterocycles. The lowest BCUT2D eigenvalue weighted by Gasteiger charge is -2.19. The number of hydrogen-bond acceptors (Lipinski definition) is 2. The van der Waals surface area contributed by atoms with Crippen LogP contribution in [0.25, 0.3) is 0 Å². The van der Waals surface area contributed by atoms with Gasteiger partial charge < -0.3 is 5.73 Å². The van der Waals surface area contributed by atoms with Gasteiger partial charge in [0.05, 0.1) is 0 Å². The highest BCUT2D eigenvalue weighted by Crippen LogP contribution is 2.23. The van der Waals surface area contributed by atoms with Crippen molar-refractivity contribution in [2.45, 2.75) is 39.5 Å². The third kappa shape index (κ3) is 3.34. The third-order valence-electron chi connectivity index (χ3n) is 3.35. The molecule has 2 nitrogen and oxygen atoms in total. The molecule has 19 heavy (non-hydrogen) atoms. The predicted octanol–water partition coefficient (Wildman–Crippen LogP) is 3.86. The van der Waals surface area contributed by atoms with Crippen molar-refractivity contribution < 1.29 is 0 Å². The number of aryl methyl sites for hydroxylation is 1. The molecule has 2 heteroatoms. The molecule has 0 aliphatic heterocycles. The molecule has 0 radical (unpaired) electrons.